The van der Waals surface area contributed by atoms with Crippen molar-refractivity contribution in [3.05, 3.63) is 11.5 Å². The Kier molecular flexibility index (Phi) is 5.92. The van der Waals surface area contributed by atoms with E-state index < -0.39 is 0 Å². The van der Waals surface area contributed by atoms with Crippen molar-refractivity contribution >= 4 is 34.6 Å². The molecule has 0 spiro atoms. The topological polar surface area (TPSA) is 83.6 Å². The van der Waals surface area contributed by atoms with Gasteiger partial charge in [0.15, 0.2) is 10.8 Å². The van der Waals surface area contributed by atoms with Crippen molar-refractivity contribution in [2.45, 2.75) is 51.9 Å². The number of unbranched alkanes of at least 4 members (excludes halogenated alkanes) is 5. The molecule has 0 aliphatic carbocycles. The molecule has 2 heterocycles. The third kappa shape index (κ3) is 4.67. The number of aromatic amines is 1. The molecule has 0 aliphatic rings. The van der Waals surface area contributed by atoms with E-state index in [4.69, 9.17) is 11.6 Å². The number of anilines is 1. The molecule has 0 radical (unpaired) electrons. The molecule has 2 rings (SSSR count). The number of rotatable bonds is 8. The van der Waals surface area contributed by atoms with Crippen LogP contribution in [-0.2, 0) is 4.79 Å². The maximum atomic E-state index is 11.8. The molecule has 0 atom stereocenters. The molecular weight excluding hydrogens is 290 g/mol. The first-order valence-electron chi connectivity index (χ1n) is 7.37. The highest BCUT2D eigenvalue weighted by Crippen LogP contribution is 2.18. The number of hydrogen-bond acceptors (Lipinski definition) is 4. The highest BCUT2D eigenvalue weighted by molar-refractivity contribution is 6.33. The van der Waals surface area contributed by atoms with E-state index in [1.165, 1.54) is 32.0 Å². The molecule has 114 valence electrons. The zero-order valence-corrected chi connectivity index (χ0v) is 12.9. The quantitative estimate of drug-likeness (QED) is 0.575. The van der Waals surface area contributed by atoms with Gasteiger partial charge in [0.1, 0.15) is 5.52 Å². The zero-order chi connectivity index (χ0) is 15.1. The summed E-state index contributed by atoms with van der Waals surface area (Å²) in [6.45, 7) is 2.19. The lowest BCUT2D eigenvalue weighted by molar-refractivity contribution is -0.116. The highest BCUT2D eigenvalue weighted by Gasteiger charge is 2.10. The Balaban J connectivity index is 1.78. The molecule has 2 N–H and O–H groups in total. The van der Waals surface area contributed by atoms with Crippen molar-refractivity contribution in [3.8, 4) is 0 Å². The second-order valence-corrected chi connectivity index (χ2v) is 5.36. The number of amides is 1. The number of aromatic nitrogens is 4. The number of nitrogens with one attached hydrogen (secondary N) is 2. The fourth-order valence-corrected chi connectivity index (χ4v) is 2.33. The number of imidazole rings is 1. The number of fused-ring (bicyclic) bond motifs is 1. The number of halogens is 1. The largest absolute Gasteiger partial charge is 0.341 e. The second-order valence-electron chi connectivity index (χ2n) is 5.01. The molecule has 0 aliphatic heterocycles. The van der Waals surface area contributed by atoms with Gasteiger partial charge in [-0.2, -0.15) is 9.97 Å². The van der Waals surface area contributed by atoms with Crippen molar-refractivity contribution < 1.29 is 4.79 Å². The van der Waals surface area contributed by atoms with Crippen LogP contribution >= 0.6 is 11.6 Å². The SMILES string of the molecule is CCCCCCCCC(=O)Nc1nc(Cl)c2[nH]cnc2n1. The molecule has 0 saturated heterocycles. The average molecular weight is 310 g/mol. The standard InChI is InChI=1S/C14H20ClN5O/c1-2-3-4-5-6-7-8-10(21)18-14-19-12(15)11-13(20-14)17-9-16-11/h9H,2-8H2,1H3,(H2,16,17,18,19,20,21). The maximum absolute atomic E-state index is 11.8. The maximum Gasteiger partial charge on any atom is 0.233 e. The molecule has 0 bridgehead atoms. The summed E-state index contributed by atoms with van der Waals surface area (Å²) in [7, 11) is 0. The van der Waals surface area contributed by atoms with Crippen molar-refractivity contribution in [1.29, 1.82) is 0 Å². The van der Waals surface area contributed by atoms with E-state index in [0.29, 0.717) is 17.6 Å². The van der Waals surface area contributed by atoms with Gasteiger partial charge < -0.3 is 4.98 Å². The summed E-state index contributed by atoms with van der Waals surface area (Å²) < 4.78 is 0. The Morgan fingerprint density at radius 1 is 1.24 bits per heavy atom. The molecule has 0 saturated carbocycles. The summed E-state index contributed by atoms with van der Waals surface area (Å²) >= 11 is 5.99. The Morgan fingerprint density at radius 2 is 2.00 bits per heavy atom. The lowest BCUT2D eigenvalue weighted by Crippen LogP contribution is -2.13. The molecule has 0 unspecified atom stereocenters. The van der Waals surface area contributed by atoms with Gasteiger partial charge in [-0.15, -0.1) is 0 Å². The predicted octanol–water partition coefficient (Wildman–Crippen LogP) is 3.70. The summed E-state index contributed by atoms with van der Waals surface area (Å²) in [4.78, 5) is 26.8. The van der Waals surface area contributed by atoms with Crippen molar-refractivity contribution in [1.82, 2.24) is 19.9 Å². The van der Waals surface area contributed by atoms with Crippen molar-refractivity contribution in [2.75, 3.05) is 5.32 Å². The van der Waals surface area contributed by atoms with Gasteiger partial charge in [0.2, 0.25) is 11.9 Å². The fraction of sp³-hybridized carbons (Fsp3) is 0.571. The first-order chi connectivity index (χ1) is 10.2. The van der Waals surface area contributed by atoms with Crippen LogP contribution in [0.25, 0.3) is 11.2 Å². The molecule has 2 aromatic heterocycles. The van der Waals surface area contributed by atoms with Crippen LogP contribution in [0.15, 0.2) is 6.33 Å². The molecule has 21 heavy (non-hydrogen) atoms. The van der Waals surface area contributed by atoms with Crippen LogP contribution in [0.4, 0.5) is 5.95 Å². The van der Waals surface area contributed by atoms with Crippen LogP contribution in [0.5, 0.6) is 0 Å². The number of H-pyrrole nitrogens is 1. The van der Waals surface area contributed by atoms with Gasteiger partial charge in [0, 0.05) is 6.42 Å². The van der Waals surface area contributed by atoms with Gasteiger partial charge in [-0.1, -0.05) is 50.6 Å². The number of hydrogen-bond donors (Lipinski definition) is 2. The predicted molar refractivity (Wildman–Crippen MR) is 83.3 cm³/mol. The van der Waals surface area contributed by atoms with Crippen molar-refractivity contribution in [2.24, 2.45) is 0 Å². The Morgan fingerprint density at radius 3 is 2.81 bits per heavy atom. The third-order valence-corrected chi connectivity index (χ3v) is 3.52. The zero-order valence-electron chi connectivity index (χ0n) is 12.2. The Hall–Kier alpha value is -1.69. The first kappa shape index (κ1) is 15.7. The third-order valence-electron chi connectivity index (χ3n) is 3.25. The van der Waals surface area contributed by atoms with E-state index in [-0.39, 0.29) is 17.0 Å². The van der Waals surface area contributed by atoms with Crippen LogP contribution < -0.4 is 5.32 Å². The number of carbonyl (C=O) groups excluding carboxylic acids is 1. The number of nitrogens with zero attached hydrogens (tertiary/aromatic N) is 3. The van der Waals surface area contributed by atoms with Gasteiger partial charge >= 0.3 is 0 Å². The van der Waals surface area contributed by atoms with E-state index >= 15 is 0 Å². The lowest BCUT2D eigenvalue weighted by Gasteiger charge is -2.04. The van der Waals surface area contributed by atoms with Crippen LogP contribution in [0.2, 0.25) is 5.15 Å². The van der Waals surface area contributed by atoms with Gasteiger partial charge in [-0.3, -0.25) is 10.1 Å². The summed E-state index contributed by atoms with van der Waals surface area (Å²) in [5.41, 5.74) is 1.02. The molecule has 0 fully saturated rings. The fourth-order valence-electron chi connectivity index (χ4n) is 2.11. The second kappa shape index (κ2) is 7.93. The Labute approximate surface area is 128 Å². The van der Waals surface area contributed by atoms with E-state index in [1.54, 1.807) is 0 Å². The summed E-state index contributed by atoms with van der Waals surface area (Å²) in [5, 5.41) is 2.92. The Bertz CT molecular complexity index is 598. The van der Waals surface area contributed by atoms with Gasteiger partial charge in [0.25, 0.3) is 0 Å². The molecule has 6 nitrogen and oxygen atoms in total. The van der Waals surface area contributed by atoms with Gasteiger partial charge in [-0.05, 0) is 6.42 Å². The van der Waals surface area contributed by atoms with Crippen molar-refractivity contribution in [3.63, 3.8) is 0 Å². The van der Waals surface area contributed by atoms with Crippen LogP contribution in [-0.4, -0.2) is 25.8 Å². The molecular formula is C14H20ClN5O. The molecule has 0 aromatic carbocycles. The van der Waals surface area contributed by atoms with E-state index in [9.17, 15) is 4.79 Å². The smallest absolute Gasteiger partial charge is 0.233 e. The van der Waals surface area contributed by atoms with Crippen LogP contribution in [0.1, 0.15) is 51.9 Å². The minimum atomic E-state index is -0.0866. The molecule has 1 amide bonds. The van der Waals surface area contributed by atoms with Gasteiger partial charge in [0.05, 0.1) is 6.33 Å². The van der Waals surface area contributed by atoms with Gasteiger partial charge in [-0.25, -0.2) is 4.98 Å². The summed E-state index contributed by atoms with van der Waals surface area (Å²) in [6, 6.07) is 0. The number of carbonyl (C=O) groups is 1. The monoisotopic (exact) mass is 309 g/mol. The summed E-state index contributed by atoms with van der Waals surface area (Å²) in [6.07, 6.45) is 8.85. The minimum Gasteiger partial charge on any atom is -0.341 e. The lowest BCUT2D eigenvalue weighted by atomic mass is 10.1. The molecule has 7 heteroatoms. The molecule has 2 aromatic rings. The summed E-state index contributed by atoms with van der Waals surface area (Å²) in [5.74, 6) is 0.118. The normalized spacial score (nSPS) is 11.0. The van der Waals surface area contributed by atoms with E-state index in [2.05, 4.69) is 32.2 Å². The average Bonchev–Trinajstić information content (AvgIpc) is 2.91. The highest BCUT2D eigenvalue weighted by atomic mass is 35.5. The van der Waals surface area contributed by atoms with E-state index in [1.807, 2.05) is 0 Å². The van der Waals surface area contributed by atoms with E-state index in [0.717, 1.165) is 12.8 Å². The first-order valence-corrected chi connectivity index (χ1v) is 7.75. The minimum absolute atomic E-state index is 0.0866. The van der Waals surface area contributed by atoms with Crippen LogP contribution in [0.3, 0.4) is 0 Å². The van der Waals surface area contributed by atoms with Crippen LogP contribution in [0, 0.1) is 0 Å².